The topological polar surface area (TPSA) is 18.5 Å². The van der Waals surface area contributed by atoms with Gasteiger partial charge in [0.1, 0.15) is 0 Å². The highest BCUT2D eigenvalue weighted by Crippen LogP contribution is 2.43. The Morgan fingerprint density at radius 3 is 1.40 bits per heavy atom. The number of hydrogen-bond acceptors (Lipinski definition) is 2. The van der Waals surface area contributed by atoms with Crippen molar-refractivity contribution in [2.24, 2.45) is 0 Å². The maximum absolute atomic E-state index is 6.74. The van der Waals surface area contributed by atoms with Crippen molar-refractivity contribution in [3.05, 3.63) is 10.6 Å². The molecule has 0 bridgehead atoms. The van der Waals surface area contributed by atoms with Gasteiger partial charge in [-0.2, -0.15) is 0 Å². The van der Waals surface area contributed by atoms with Gasteiger partial charge in [-0.05, 0) is 62.5 Å². The predicted molar refractivity (Wildman–Crippen MR) is 117 cm³/mol. The molecule has 5 heteroatoms. The molecule has 0 radical (unpaired) electrons. The molecule has 0 aromatic heterocycles. The molecule has 2 nitrogen and oxygen atoms in total. The number of allylic oxidation sites excluding steroid dienone is 1. The first-order chi connectivity index (χ1) is 11.0. The van der Waals surface area contributed by atoms with Gasteiger partial charge in [0.25, 0.3) is 0 Å². The van der Waals surface area contributed by atoms with Gasteiger partial charge < -0.3 is 8.85 Å². The zero-order valence-electron chi connectivity index (χ0n) is 18.5. The van der Waals surface area contributed by atoms with Gasteiger partial charge in [0, 0.05) is 5.03 Å². The minimum absolute atomic E-state index is 0.222. The lowest BCUT2D eigenvalue weighted by Crippen LogP contribution is -2.49. The standard InChI is InChI=1S/C20H41ClO2Si2/c1-15(21)16-12-17(22-24(8,9)19(2,3)4)14-18(13-16)23-25(10,11)20(5,6)7/h17-18H,12-14H2,1-11H3/t17-,18-/m1/s1. The van der Waals surface area contributed by atoms with Crippen LogP contribution < -0.4 is 0 Å². The quantitative estimate of drug-likeness (QED) is 0.452. The van der Waals surface area contributed by atoms with Crippen LogP contribution in [-0.4, -0.2) is 28.8 Å². The Hall–Kier alpha value is 0.384. The normalized spacial score (nSPS) is 23.8. The molecule has 25 heavy (non-hydrogen) atoms. The first-order valence-corrected chi connectivity index (χ1v) is 15.9. The van der Waals surface area contributed by atoms with E-state index in [1.807, 2.05) is 6.92 Å². The average Bonchev–Trinajstić information content (AvgIpc) is 2.34. The van der Waals surface area contributed by atoms with E-state index in [1.165, 1.54) is 5.57 Å². The molecule has 0 aromatic carbocycles. The van der Waals surface area contributed by atoms with Crippen LogP contribution in [-0.2, 0) is 8.85 Å². The third-order valence-corrected chi connectivity index (χ3v) is 15.8. The van der Waals surface area contributed by atoms with Crippen LogP contribution in [0.15, 0.2) is 10.6 Å². The molecule has 0 N–H and O–H groups in total. The second kappa shape index (κ2) is 7.79. The smallest absolute Gasteiger partial charge is 0.192 e. The van der Waals surface area contributed by atoms with Crippen molar-refractivity contribution < 1.29 is 8.85 Å². The first-order valence-electron chi connectivity index (χ1n) is 9.66. The van der Waals surface area contributed by atoms with Gasteiger partial charge in [0.2, 0.25) is 0 Å². The molecule has 1 aliphatic rings. The largest absolute Gasteiger partial charge is 0.414 e. The predicted octanol–water partition coefficient (Wildman–Crippen LogP) is 7.46. The van der Waals surface area contributed by atoms with Crippen molar-refractivity contribution in [1.29, 1.82) is 0 Å². The van der Waals surface area contributed by atoms with Gasteiger partial charge in [-0.3, -0.25) is 0 Å². The highest BCUT2D eigenvalue weighted by atomic mass is 35.5. The summed E-state index contributed by atoms with van der Waals surface area (Å²) in [5, 5.41) is 1.37. The minimum atomic E-state index is -1.79. The SMILES string of the molecule is CC(Cl)=C1C[C@@H](O[Si](C)(C)C(C)(C)C)C[C@H](O[Si](C)(C)C(C)(C)C)C1. The van der Waals surface area contributed by atoms with E-state index in [4.69, 9.17) is 20.5 Å². The maximum atomic E-state index is 6.74. The summed E-state index contributed by atoms with van der Waals surface area (Å²) in [7, 11) is -3.58. The fraction of sp³-hybridized carbons (Fsp3) is 0.900. The van der Waals surface area contributed by atoms with Crippen LogP contribution >= 0.6 is 11.6 Å². The van der Waals surface area contributed by atoms with E-state index < -0.39 is 16.6 Å². The van der Waals surface area contributed by atoms with Gasteiger partial charge in [-0.25, -0.2) is 0 Å². The fourth-order valence-corrected chi connectivity index (χ4v) is 5.63. The van der Waals surface area contributed by atoms with E-state index in [0.717, 1.165) is 24.3 Å². The number of halogens is 1. The molecular formula is C20H41ClO2Si2. The summed E-state index contributed by atoms with van der Waals surface area (Å²) in [6, 6.07) is 0. The van der Waals surface area contributed by atoms with Crippen molar-refractivity contribution in [2.75, 3.05) is 0 Å². The summed E-state index contributed by atoms with van der Waals surface area (Å²) in [6.45, 7) is 25.2. The lowest BCUT2D eigenvalue weighted by atomic mass is 9.90. The Morgan fingerprint density at radius 2 is 1.16 bits per heavy atom. The van der Waals surface area contributed by atoms with Gasteiger partial charge in [-0.15, -0.1) is 0 Å². The molecule has 148 valence electrons. The van der Waals surface area contributed by atoms with Crippen LogP contribution in [0.5, 0.6) is 0 Å². The maximum Gasteiger partial charge on any atom is 0.192 e. The zero-order chi connectivity index (χ0) is 19.8. The summed E-state index contributed by atoms with van der Waals surface area (Å²) in [5.74, 6) is 0. The van der Waals surface area contributed by atoms with E-state index in [2.05, 4.69) is 67.7 Å². The third kappa shape index (κ3) is 6.20. The average molecular weight is 405 g/mol. The summed E-state index contributed by atoms with van der Waals surface area (Å²) >= 11 is 6.40. The highest BCUT2D eigenvalue weighted by Gasteiger charge is 2.43. The minimum Gasteiger partial charge on any atom is -0.414 e. The van der Waals surface area contributed by atoms with Crippen molar-refractivity contribution in [1.82, 2.24) is 0 Å². The number of rotatable bonds is 4. The van der Waals surface area contributed by atoms with Gasteiger partial charge in [0.15, 0.2) is 16.6 Å². The van der Waals surface area contributed by atoms with Crippen LogP contribution in [0.3, 0.4) is 0 Å². The molecule has 1 saturated carbocycles. The molecule has 0 unspecified atom stereocenters. The molecule has 2 atom stereocenters. The molecule has 0 aromatic rings. The molecule has 0 amide bonds. The second-order valence-electron chi connectivity index (χ2n) is 10.8. The molecule has 1 aliphatic carbocycles. The lowest BCUT2D eigenvalue weighted by Gasteiger charge is -2.45. The fourth-order valence-electron chi connectivity index (χ4n) is 2.74. The Balaban J connectivity index is 2.98. The van der Waals surface area contributed by atoms with Crippen LogP contribution in [0.2, 0.25) is 36.3 Å². The Morgan fingerprint density at radius 1 is 0.840 bits per heavy atom. The monoisotopic (exact) mass is 404 g/mol. The Labute approximate surface area is 164 Å². The van der Waals surface area contributed by atoms with Crippen molar-refractivity contribution in [2.45, 2.75) is 116 Å². The molecule has 1 fully saturated rings. The molecule has 0 aliphatic heterocycles. The first kappa shape index (κ1) is 23.4. The summed E-state index contributed by atoms with van der Waals surface area (Å²) in [5.41, 5.74) is 1.32. The second-order valence-corrected chi connectivity index (χ2v) is 20.9. The van der Waals surface area contributed by atoms with Gasteiger partial charge >= 0.3 is 0 Å². The third-order valence-electron chi connectivity index (χ3n) is 6.50. The molecule has 0 spiro atoms. The van der Waals surface area contributed by atoms with E-state index in [-0.39, 0.29) is 22.3 Å². The van der Waals surface area contributed by atoms with E-state index in [0.29, 0.717) is 0 Å². The highest BCUT2D eigenvalue weighted by molar-refractivity contribution is 6.74. The Kier molecular flexibility index (Phi) is 7.29. The molecule has 0 saturated heterocycles. The van der Waals surface area contributed by atoms with Crippen LogP contribution in [0.25, 0.3) is 0 Å². The molecule has 0 heterocycles. The van der Waals surface area contributed by atoms with E-state index in [1.54, 1.807) is 0 Å². The van der Waals surface area contributed by atoms with Gasteiger partial charge in [-0.1, -0.05) is 58.7 Å². The lowest BCUT2D eigenvalue weighted by molar-refractivity contribution is 0.0723. The summed E-state index contributed by atoms with van der Waals surface area (Å²) in [4.78, 5) is 0. The zero-order valence-corrected chi connectivity index (χ0v) is 21.2. The van der Waals surface area contributed by atoms with Crippen LogP contribution in [0.4, 0.5) is 0 Å². The van der Waals surface area contributed by atoms with E-state index >= 15 is 0 Å². The van der Waals surface area contributed by atoms with Crippen molar-refractivity contribution >= 4 is 28.2 Å². The van der Waals surface area contributed by atoms with Crippen LogP contribution in [0.1, 0.15) is 67.7 Å². The summed E-state index contributed by atoms with van der Waals surface area (Å²) in [6.07, 6.45) is 3.37. The Bertz CT molecular complexity index is 457. The van der Waals surface area contributed by atoms with Crippen molar-refractivity contribution in [3.8, 4) is 0 Å². The van der Waals surface area contributed by atoms with Gasteiger partial charge in [0.05, 0.1) is 12.2 Å². The summed E-state index contributed by atoms with van der Waals surface area (Å²) < 4.78 is 13.5. The number of hydrogen-bond donors (Lipinski definition) is 0. The molecular weight excluding hydrogens is 364 g/mol. The van der Waals surface area contributed by atoms with Crippen molar-refractivity contribution in [3.63, 3.8) is 0 Å². The van der Waals surface area contributed by atoms with E-state index in [9.17, 15) is 0 Å². The van der Waals surface area contributed by atoms with Crippen LogP contribution in [0, 0.1) is 0 Å². The molecule has 1 rings (SSSR count).